The molecule has 10 heteroatoms. The van der Waals surface area contributed by atoms with Crippen LogP contribution in [-0.4, -0.2) is 65.4 Å². The fourth-order valence-corrected chi connectivity index (χ4v) is 2.98. The summed E-state index contributed by atoms with van der Waals surface area (Å²) in [5.74, 6) is -2.03. The molecule has 0 saturated carbocycles. The summed E-state index contributed by atoms with van der Waals surface area (Å²) in [6.07, 6.45) is 1.86. The van der Waals surface area contributed by atoms with E-state index in [1.807, 2.05) is 0 Å². The van der Waals surface area contributed by atoms with Crippen molar-refractivity contribution in [3.8, 4) is 0 Å². The average molecular weight is 409 g/mol. The number of nitrogens with zero attached hydrogens (tertiary/aromatic N) is 2. The van der Waals surface area contributed by atoms with E-state index in [1.165, 1.54) is 24.3 Å². The predicted molar refractivity (Wildman–Crippen MR) is 102 cm³/mol. The molecular weight excluding hydrogens is 382 g/mol. The molecule has 1 saturated heterocycles. The van der Waals surface area contributed by atoms with Crippen LogP contribution in [0.1, 0.15) is 61.4 Å². The van der Waals surface area contributed by atoms with Crippen LogP contribution in [0.5, 0.6) is 0 Å². The molecule has 160 valence electrons. The van der Waals surface area contributed by atoms with E-state index in [1.54, 1.807) is 27.7 Å². The van der Waals surface area contributed by atoms with Crippen molar-refractivity contribution in [3.63, 3.8) is 0 Å². The van der Waals surface area contributed by atoms with Gasteiger partial charge in [-0.15, -0.1) is 0 Å². The fraction of sp³-hybridized carbons (Fsp3) is 0.579. The lowest BCUT2D eigenvalue weighted by Gasteiger charge is -2.28. The zero-order valence-corrected chi connectivity index (χ0v) is 17.3. The number of carbonyl (C=O) groups excluding carboxylic acids is 4. The van der Waals surface area contributed by atoms with Crippen molar-refractivity contribution >= 4 is 23.9 Å². The maximum atomic E-state index is 12.8. The van der Waals surface area contributed by atoms with Gasteiger partial charge in [-0.3, -0.25) is 19.8 Å². The Kier molecular flexibility index (Phi) is 6.89. The van der Waals surface area contributed by atoms with Crippen LogP contribution in [0.3, 0.4) is 0 Å². The summed E-state index contributed by atoms with van der Waals surface area (Å²) in [5, 5.41) is 0. The van der Waals surface area contributed by atoms with E-state index in [2.05, 4.69) is 10.2 Å². The summed E-state index contributed by atoms with van der Waals surface area (Å²) in [7, 11) is 1.18. The molecule has 1 aliphatic heterocycles. The molecule has 10 nitrogen and oxygen atoms in total. The second kappa shape index (κ2) is 8.97. The van der Waals surface area contributed by atoms with Gasteiger partial charge in [-0.1, -0.05) is 0 Å². The van der Waals surface area contributed by atoms with Crippen LogP contribution >= 0.6 is 0 Å². The lowest BCUT2D eigenvalue weighted by Crippen LogP contribution is -2.47. The Bertz CT molecular complexity index is 794. The number of hydrogen-bond donors (Lipinski definition) is 1. The lowest BCUT2D eigenvalue weighted by atomic mass is 10.2. The van der Waals surface area contributed by atoms with Gasteiger partial charge in [-0.25, -0.2) is 14.4 Å². The van der Waals surface area contributed by atoms with Gasteiger partial charge in [-0.05, 0) is 46.6 Å². The van der Waals surface area contributed by atoms with Crippen molar-refractivity contribution in [1.82, 2.24) is 9.58 Å². The fourth-order valence-electron chi connectivity index (χ4n) is 2.98. The third-order valence-electron chi connectivity index (χ3n) is 4.17. The SMILES string of the molecule is CCOC(=O)c1c(C(=O)OC)ccn1NC(=O)C1CCCN1C(=O)OC(C)(C)C. The Morgan fingerprint density at radius 3 is 2.48 bits per heavy atom. The van der Waals surface area contributed by atoms with Gasteiger partial charge in [0.15, 0.2) is 5.69 Å². The zero-order valence-electron chi connectivity index (χ0n) is 17.3. The van der Waals surface area contributed by atoms with Gasteiger partial charge < -0.3 is 14.2 Å². The highest BCUT2D eigenvalue weighted by Gasteiger charge is 2.37. The highest BCUT2D eigenvalue weighted by atomic mass is 16.6. The Morgan fingerprint density at radius 1 is 1.21 bits per heavy atom. The Hall–Kier alpha value is -3.04. The molecule has 0 aliphatic carbocycles. The minimum Gasteiger partial charge on any atom is -0.465 e. The van der Waals surface area contributed by atoms with Crippen LogP contribution in [0, 0.1) is 0 Å². The first-order valence-corrected chi connectivity index (χ1v) is 9.36. The number of hydrogen-bond acceptors (Lipinski definition) is 7. The van der Waals surface area contributed by atoms with Crippen LogP contribution in [0.25, 0.3) is 0 Å². The van der Waals surface area contributed by atoms with Crippen molar-refractivity contribution in [2.45, 2.75) is 52.2 Å². The van der Waals surface area contributed by atoms with Gasteiger partial charge in [0.05, 0.1) is 19.3 Å². The smallest absolute Gasteiger partial charge is 0.410 e. The van der Waals surface area contributed by atoms with Gasteiger partial charge in [0.25, 0.3) is 5.91 Å². The second-order valence-electron chi connectivity index (χ2n) is 7.47. The van der Waals surface area contributed by atoms with E-state index in [0.29, 0.717) is 19.4 Å². The molecular formula is C19H27N3O7. The first kappa shape index (κ1) is 22.3. The van der Waals surface area contributed by atoms with E-state index in [0.717, 1.165) is 4.68 Å². The average Bonchev–Trinajstić information content (AvgIpc) is 3.27. The standard InChI is InChI=1S/C19H27N3O7/c1-6-28-17(25)14-12(16(24)27-5)9-11-22(14)20-15(23)13-8-7-10-21(13)18(26)29-19(2,3)4/h9,11,13H,6-8,10H2,1-5H3,(H,20,23). The number of likely N-dealkylation sites (tertiary alicyclic amines) is 1. The number of aromatic nitrogens is 1. The van der Waals surface area contributed by atoms with Crippen molar-refractivity contribution in [3.05, 3.63) is 23.5 Å². The molecule has 0 radical (unpaired) electrons. The molecule has 0 bridgehead atoms. The molecule has 0 aromatic carbocycles. The number of esters is 2. The lowest BCUT2D eigenvalue weighted by molar-refractivity contribution is -0.121. The van der Waals surface area contributed by atoms with Crippen molar-refractivity contribution in [2.75, 3.05) is 25.7 Å². The van der Waals surface area contributed by atoms with Gasteiger partial charge in [0.1, 0.15) is 11.6 Å². The molecule has 2 rings (SSSR count). The number of carbonyl (C=O) groups is 4. The van der Waals surface area contributed by atoms with E-state index in [4.69, 9.17) is 9.47 Å². The van der Waals surface area contributed by atoms with Gasteiger partial charge in [-0.2, -0.15) is 0 Å². The largest absolute Gasteiger partial charge is 0.465 e. The molecule has 2 heterocycles. The molecule has 1 atom stereocenters. The Morgan fingerprint density at radius 2 is 1.90 bits per heavy atom. The van der Waals surface area contributed by atoms with E-state index >= 15 is 0 Å². The van der Waals surface area contributed by atoms with Gasteiger partial charge in [0, 0.05) is 12.7 Å². The molecule has 1 fully saturated rings. The van der Waals surface area contributed by atoms with E-state index < -0.39 is 35.6 Å². The predicted octanol–water partition coefficient (Wildman–Crippen LogP) is 1.92. The Balaban J connectivity index is 2.23. The highest BCUT2D eigenvalue weighted by molar-refractivity contribution is 6.03. The first-order chi connectivity index (χ1) is 13.6. The topological polar surface area (TPSA) is 116 Å². The van der Waals surface area contributed by atoms with E-state index in [9.17, 15) is 19.2 Å². The number of methoxy groups -OCH3 is 1. The third-order valence-corrected chi connectivity index (χ3v) is 4.17. The summed E-state index contributed by atoms with van der Waals surface area (Å²) in [4.78, 5) is 50.8. The summed E-state index contributed by atoms with van der Waals surface area (Å²) >= 11 is 0. The van der Waals surface area contributed by atoms with Gasteiger partial charge in [0.2, 0.25) is 0 Å². The normalized spacial score (nSPS) is 16.3. The quantitative estimate of drug-likeness (QED) is 0.583. The molecule has 1 aliphatic rings. The van der Waals surface area contributed by atoms with Crippen LogP contribution in [0.4, 0.5) is 4.79 Å². The Labute approximate surface area is 169 Å². The summed E-state index contributed by atoms with van der Waals surface area (Å²) < 4.78 is 16.1. The monoisotopic (exact) mass is 409 g/mol. The first-order valence-electron chi connectivity index (χ1n) is 9.36. The molecule has 29 heavy (non-hydrogen) atoms. The second-order valence-corrected chi connectivity index (χ2v) is 7.47. The van der Waals surface area contributed by atoms with Crippen LogP contribution in [0.15, 0.2) is 12.3 Å². The number of rotatable bonds is 5. The number of nitrogens with one attached hydrogen (secondary N) is 1. The summed E-state index contributed by atoms with van der Waals surface area (Å²) in [6.45, 7) is 7.34. The zero-order chi connectivity index (χ0) is 21.8. The van der Waals surface area contributed by atoms with Crippen molar-refractivity contribution in [2.24, 2.45) is 0 Å². The van der Waals surface area contributed by atoms with Crippen molar-refractivity contribution < 1.29 is 33.4 Å². The molecule has 1 unspecified atom stereocenters. The maximum Gasteiger partial charge on any atom is 0.410 e. The summed E-state index contributed by atoms with van der Waals surface area (Å²) in [6, 6.07) is 0.586. The maximum absolute atomic E-state index is 12.8. The van der Waals surface area contributed by atoms with Crippen LogP contribution in [0.2, 0.25) is 0 Å². The van der Waals surface area contributed by atoms with Crippen LogP contribution < -0.4 is 5.43 Å². The number of amides is 2. The number of ether oxygens (including phenoxy) is 3. The van der Waals surface area contributed by atoms with Crippen LogP contribution in [-0.2, 0) is 19.0 Å². The molecule has 1 aromatic heterocycles. The molecule has 2 amide bonds. The molecule has 0 spiro atoms. The minimum atomic E-state index is -0.784. The molecule has 1 aromatic rings. The highest BCUT2D eigenvalue weighted by Crippen LogP contribution is 2.22. The third kappa shape index (κ3) is 5.27. The minimum absolute atomic E-state index is 0.0401. The van der Waals surface area contributed by atoms with E-state index in [-0.39, 0.29) is 17.9 Å². The van der Waals surface area contributed by atoms with Crippen molar-refractivity contribution in [1.29, 1.82) is 0 Å². The molecule has 1 N–H and O–H groups in total. The van der Waals surface area contributed by atoms with Gasteiger partial charge >= 0.3 is 18.0 Å². The summed E-state index contributed by atoms with van der Waals surface area (Å²) in [5.41, 5.74) is 1.67.